The van der Waals surface area contributed by atoms with Gasteiger partial charge in [0.1, 0.15) is 0 Å². The van der Waals surface area contributed by atoms with Crippen molar-refractivity contribution < 1.29 is 9.90 Å². The van der Waals surface area contributed by atoms with Crippen LogP contribution in [0.4, 0.5) is 0 Å². The molecule has 1 fully saturated rings. The summed E-state index contributed by atoms with van der Waals surface area (Å²) in [5.74, 6) is 0.600. The fourth-order valence-electron chi connectivity index (χ4n) is 1.37. The second kappa shape index (κ2) is 11.9. The number of aliphatic carboxylic acids is 1. The molecular formula is C12H24N4O2S2. The van der Waals surface area contributed by atoms with E-state index in [1.807, 2.05) is 35.4 Å². The zero-order chi connectivity index (χ0) is 15.4. The van der Waals surface area contributed by atoms with Gasteiger partial charge in [-0.15, -0.1) is 5.10 Å². The number of hydrogen-bond donors (Lipinski definition) is 3. The molecule has 116 valence electrons. The third-order valence-corrected chi connectivity index (χ3v) is 5.27. The van der Waals surface area contributed by atoms with E-state index in [0.29, 0.717) is 6.42 Å². The molecule has 1 saturated heterocycles. The van der Waals surface area contributed by atoms with Gasteiger partial charge in [-0.25, -0.2) is 0 Å². The van der Waals surface area contributed by atoms with Gasteiger partial charge < -0.3 is 16.6 Å². The Morgan fingerprint density at radius 3 is 2.40 bits per heavy atom. The summed E-state index contributed by atoms with van der Waals surface area (Å²) >= 11 is 0. The van der Waals surface area contributed by atoms with Gasteiger partial charge in [0.25, 0.3) is 0 Å². The van der Waals surface area contributed by atoms with E-state index in [2.05, 4.69) is 10.2 Å². The van der Waals surface area contributed by atoms with Crippen LogP contribution < -0.4 is 11.5 Å². The van der Waals surface area contributed by atoms with Crippen LogP contribution in [-0.2, 0) is 4.79 Å². The summed E-state index contributed by atoms with van der Waals surface area (Å²) in [6.07, 6.45) is 4.76. The van der Waals surface area contributed by atoms with Crippen molar-refractivity contribution in [1.29, 1.82) is 0 Å². The molecule has 1 heterocycles. The van der Waals surface area contributed by atoms with Crippen molar-refractivity contribution in [2.75, 3.05) is 5.75 Å². The highest BCUT2D eigenvalue weighted by molar-refractivity contribution is 8.77. The zero-order valence-electron chi connectivity index (χ0n) is 12.0. The van der Waals surface area contributed by atoms with Crippen molar-refractivity contribution in [1.82, 2.24) is 0 Å². The van der Waals surface area contributed by atoms with Crippen LogP contribution in [0.1, 0.15) is 46.0 Å². The van der Waals surface area contributed by atoms with Crippen molar-refractivity contribution >= 4 is 39.2 Å². The van der Waals surface area contributed by atoms with Gasteiger partial charge in [-0.05, 0) is 33.1 Å². The number of unbranched alkanes of at least 4 members (excludes halogenated alkanes) is 1. The Hall–Kier alpha value is -0.890. The summed E-state index contributed by atoms with van der Waals surface area (Å²) in [5.41, 5.74) is 10.8. The van der Waals surface area contributed by atoms with Crippen LogP contribution in [0.25, 0.3) is 0 Å². The van der Waals surface area contributed by atoms with Gasteiger partial charge >= 0.3 is 5.97 Å². The highest BCUT2D eigenvalue weighted by atomic mass is 33.1. The van der Waals surface area contributed by atoms with Gasteiger partial charge in [-0.2, -0.15) is 5.10 Å². The van der Waals surface area contributed by atoms with Gasteiger partial charge in [0, 0.05) is 23.1 Å². The lowest BCUT2D eigenvalue weighted by Crippen LogP contribution is -2.21. The summed E-state index contributed by atoms with van der Waals surface area (Å²) in [6, 6.07) is 0. The molecule has 0 spiro atoms. The molecule has 6 nitrogen and oxygen atoms in total. The first-order chi connectivity index (χ1) is 9.41. The lowest BCUT2D eigenvalue weighted by atomic mass is 10.1. The minimum Gasteiger partial charge on any atom is -0.481 e. The molecule has 8 heteroatoms. The molecule has 1 rings (SSSR count). The second-order valence-electron chi connectivity index (χ2n) is 4.54. The molecule has 0 aromatic heterocycles. The van der Waals surface area contributed by atoms with Crippen LogP contribution in [-0.4, -0.2) is 33.7 Å². The SMILES string of the molecule is CC(C)=NN=C(N)N.O=C(O)CCCC[C@H]1CCSS1. The predicted octanol–water partition coefficient (Wildman–Crippen LogP) is 2.44. The summed E-state index contributed by atoms with van der Waals surface area (Å²) < 4.78 is 0. The predicted molar refractivity (Wildman–Crippen MR) is 89.2 cm³/mol. The van der Waals surface area contributed by atoms with E-state index in [9.17, 15) is 4.79 Å². The monoisotopic (exact) mass is 320 g/mol. The smallest absolute Gasteiger partial charge is 0.303 e. The number of carboxylic acids is 1. The average molecular weight is 320 g/mol. The third kappa shape index (κ3) is 13.5. The fraction of sp³-hybridized carbons (Fsp3) is 0.750. The van der Waals surface area contributed by atoms with Crippen LogP contribution in [0.5, 0.6) is 0 Å². The molecular weight excluding hydrogens is 296 g/mol. The lowest BCUT2D eigenvalue weighted by Gasteiger charge is -2.04. The van der Waals surface area contributed by atoms with Gasteiger partial charge in [0.2, 0.25) is 5.96 Å². The molecule has 0 radical (unpaired) electrons. The van der Waals surface area contributed by atoms with Crippen LogP contribution in [0.15, 0.2) is 10.2 Å². The Labute approximate surface area is 128 Å². The highest BCUT2D eigenvalue weighted by Gasteiger charge is 2.15. The van der Waals surface area contributed by atoms with Crippen molar-refractivity contribution in [3.05, 3.63) is 0 Å². The Kier molecular flexibility index (Phi) is 11.4. The molecule has 0 aromatic rings. The molecule has 0 unspecified atom stereocenters. The Morgan fingerprint density at radius 2 is 2.00 bits per heavy atom. The van der Waals surface area contributed by atoms with E-state index < -0.39 is 5.97 Å². The normalized spacial score (nSPS) is 16.8. The van der Waals surface area contributed by atoms with Crippen molar-refractivity contribution in [3.8, 4) is 0 Å². The summed E-state index contributed by atoms with van der Waals surface area (Å²) in [6.45, 7) is 3.62. The number of carbonyl (C=O) groups is 1. The number of carboxylic acid groups (broad SMARTS) is 1. The Balaban J connectivity index is 0.000000396. The van der Waals surface area contributed by atoms with Gasteiger partial charge in [-0.3, -0.25) is 4.79 Å². The van der Waals surface area contributed by atoms with Crippen molar-refractivity contribution in [3.63, 3.8) is 0 Å². The molecule has 1 aliphatic heterocycles. The van der Waals surface area contributed by atoms with E-state index in [4.69, 9.17) is 16.6 Å². The maximum Gasteiger partial charge on any atom is 0.303 e. The van der Waals surface area contributed by atoms with Crippen molar-refractivity contribution in [2.45, 2.75) is 51.2 Å². The first kappa shape index (κ1) is 19.1. The van der Waals surface area contributed by atoms with E-state index in [1.165, 1.54) is 18.6 Å². The first-order valence-corrected chi connectivity index (χ1v) is 8.90. The maximum atomic E-state index is 10.2. The molecule has 0 bridgehead atoms. The minimum absolute atomic E-state index is 0.00815. The molecule has 0 saturated carbocycles. The van der Waals surface area contributed by atoms with Crippen LogP contribution in [0, 0.1) is 0 Å². The average Bonchev–Trinajstić information content (AvgIpc) is 2.86. The van der Waals surface area contributed by atoms with E-state index in [1.54, 1.807) is 0 Å². The van der Waals surface area contributed by atoms with E-state index in [-0.39, 0.29) is 5.96 Å². The number of guanidine groups is 1. The molecule has 0 aromatic carbocycles. The van der Waals surface area contributed by atoms with Crippen LogP contribution in [0.3, 0.4) is 0 Å². The molecule has 0 aliphatic carbocycles. The topological polar surface area (TPSA) is 114 Å². The summed E-state index contributed by atoms with van der Waals surface area (Å²) in [4.78, 5) is 10.2. The Bertz CT molecular complexity index is 318. The third-order valence-electron chi connectivity index (χ3n) is 2.26. The quantitative estimate of drug-likeness (QED) is 0.228. The number of nitrogens with two attached hydrogens (primary N) is 2. The number of nitrogens with zero attached hydrogens (tertiary/aromatic N) is 2. The first-order valence-electron chi connectivity index (χ1n) is 6.51. The Morgan fingerprint density at radius 1 is 1.30 bits per heavy atom. The largest absolute Gasteiger partial charge is 0.481 e. The summed E-state index contributed by atoms with van der Waals surface area (Å²) in [5, 5.41) is 16.2. The van der Waals surface area contributed by atoms with Crippen molar-refractivity contribution in [2.24, 2.45) is 21.7 Å². The standard InChI is InChI=1S/C8H14O2S2.C4H10N4/c9-8(10)4-2-1-3-7-5-6-11-12-7;1-3(2)7-8-4(5)6/h7H,1-6H2,(H,9,10);1-2H3,(H4,5,6,8)/t7-;/m0./s1. The molecule has 1 atom stereocenters. The minimum atomic E-state index is -0.663. The molecule has 0 amide bonds. The second-order valence-corrected chi connectivity index (χ2v) is 7.33. The van der Waals surface area contributed by atoms with Gasteiger partial charge in [-0.1, -0.05) is 28.0 Å². The molecule has 5 N–H and O–H groups in total. The van der Waals surface area contributed by atoms with Crippen LogP contribution in [0.2, 0.25) is 0 Å². The van der Waals surface area contributed by atoms with E-state index in [0.717, 1.165) is 23.8 Å². The summed E-state index contributed by atoms with van der Waals surface area (Å²) in [7, 11) is 3.92. The van der Waals surface area contributed by atoms with Gasteiger partial charge in [0.05, 0.1) is 0 Å². The van der Waals surface area contributed by atoms with Gasteiger partial charge in [0.15, 0.2) is 0 Å². The fourth-order valence-corrected chi connectivity index (χ4v) is 4.40. The number of hydrogen-bond acceptors (Lipinski definition) is 5. The van der Waals surface area contributed by atoms with Crippen LogP contribution >= 0.6 is 21.6 Å². The maximum absolute atomic E-state index is 10.2. The lowest BCUT2D eigenvalue weighted by molar-refractivity contribution is -0.137. The van der Waals surface area contributed by atoms with E-state index >= 15 is 0 Å². The molecule has 20 heavy (non-hydrogen) atoms. The number of rotatable bonds is 6. The zero-order valence-corrected chi connectivity index (χ0v) is 13.7. The highest BCUT2D eigenvalue weighted by Crippen LogP contribution is 2.39. The molecule has 1 aliphatic rings.